The maximum absolute atomic E-state index is 13.7. The van der Waals surface area contributed by atoms with E-state index in [4.69, 9.17) is 16.3 Å². The number of carbonyl (C=O) groups is 2. The van der Waals surface area contributed by atoms with E-state index in [-0.39, 0.29) is 24.8 Å². The fourth-order valence-electron chi connectivity index (χ4n) is 3.72. The molecular weight excluding hydrogens is 448 g/mol. The first-order valence-electron chi connectivity index (χ1n) is 11.5. The largest absolute Gasteiger partial charge is 0.497 e. The predicted octanol–water partition coefficient (Wildman–Crippen LogP) is 5.58. The third-order valence-electron chi connectivity index (χ3n) is 5.61. The van der Waals surface area contributed by atoms with Crippen molar-refractivity contribution in [3.63, 3.8) is 0 Å². The van der Waals surface area contributed by atoms with Crippen LogP contribution in [0.4, 0.5) is 0 Å². The minimum Gasteiger partial charge on any atom is -0.497 e. The highest BCUT2D eigenvalue weighted by atomic mass is 35.5. The van der Waals surface area contributed by atoms with Gasteiger partial charge in [-0.3, -0.25) is 9.59 Å². The van der Waals surface area contributed by atoms with Crippen LogP contribution in [-0.2, 0) is 22.6 Å². The van der Waals surface area contributed by atoms with Gasteiger partial charge in [0.15, 0.2) is 0 Å². The molecule has 178 valence electrons. The van der Waals surface area contributed by atoms with Crippen molar-refractivity contribution in [1.82, 2.24) is 10.2 Å². The number of amides is 2. The Hall–Kier alpha value is -3.31. The Kier molecular flexibility index (Phi) is 9.53. The second-order valence-electron chi connectivity index (χ2n) is 8.13. The van der Waals surface area contributed by atoms with Gasteiger partial charge in [-0.2, -0.15) is 0 Å². The summed E-state index contributed by atoms with van der Waals surface area (Å²) in [4.78, 5) is 28.7. The molecule has 2 amide bonds. The molecule has 3 aromatic rings. The van der Waals surface area contributed by atoms with Gasteiger partial charge in [-0.15, -0.1) is 0 Å². The normalized spacial score (nSPS) is 11.5. The van der Waals surface area contributed by atoms with E-state index >= 15 is 0 Å². The summed E-state index contributed by atoms with van der Waals surface area (Å²) in [5, 5.41) is 3.64. The summed E-state index contributed by atoms with van der Waals surface area (Å²) < 4.78 is 5.26. The number of hydrogen-bond acceptors (Lipinski definition) is 3. The molecule has 0 spiro atoms. The van der Waals surface area contributed by atoms with Crippen LogP contribution in [0.1, 0.15) is 42.5 Å². The number of methoxy groups -OCH3 is 1. The van der Waals surface area contributed by atoms with Crippen molar-refractivity contribution in [2.45, 2.75) is 38.8 Å². The highest BCUT2D eigenvalue weighted by Gasteiger charge is 2.31. The van der Waals surface area contributed by atoms with E-state index in [1.165, 1.54) is 0 Å². The van der Waals surface area contributed by atoms with Gasteiger partial charge in [-0.25, -0.2) is 0 Å². The van der Waals surface area contributed by atoms with Crippen molar-refractivity contribution in [3.05, 3.63) is 101 Å². The van der Waals surface area contributed by atoms with Gasteiger partial charge in [0.1, 0.15) is 11.8 Å². The molecule has 1 N–H and O–H groups in total. The Morgan fingerprint density at radius 2 is 1.59 bits per heavy atom. The van der Waals surface area contributed by atoms with Crippen molar-refractivity contribution in [3.8, 4) is 5.75 Å². The quantitative estimate of drug-likeness (QED) is 0.366. The molecular formula is C28H31ClN2O3. The number of rotatable bonds is 11. The van der Waals surface area contributed by atoms with Crippen LogP contribution < -0.4 is 10.1 Å². The molecule has 5 nitrogen and oxygen atoms in total. The summed E-state index contributed by atoms with van der Waals surface area (Å²) in [6.45, 7) is 2.93. The summed E-state index contributed by atoms with van der Waals surface area (Å²) in [5.74, 6) is 0.412. The molecule has 0 radical (unpaired) electrons. The molecule has 0 aromatic heterocycles. The summed E-state index contributed by atoms with van der Waals surface area (Å²) >= 11 is 6.02. The van der Waals surface area contributed by atoms with Crippen molar-refractivity contribution in [2.75, 3.05) is 13.7 Å². The lowest BCUT2D eigenvalue weighted by atomic mass is 10.0. The molecule has 0 unspecified atom stereocenters. The molecule has 3 rings (SSSR count). The van der Waals surface area contributed by atoms with Crippen LogP contribution in [0.5, 0.6) is 5.75 Å². The van der Waals surface area contributed by atoms with Crippen LogP contribution in [0.3, 0.4) is 0 Å². The number of ether oxygens (including phenoxy) is 1. The topological polar surface area (TPSA) is 58.6 Å². The Labute approximate surface area is 206 Å². The smallest absolute Gasteiger partial charge is 0.247 e. The molecule has 0 fully saturated rings. The van der Waals surface area contributed by atoms with E-state index in [2.05, 4.69) is 12.2 Å². The van der Waals surface area contributed by atoms with Crippen LogP contribution in [-0.4, -0.2) is 30.4 Å². The average molecular weight is 479 g/mol. The number of halogens is 1. The van der Waals surface area contributed by atoms with Gasteiger partial charge in [0.2, 0.25) is 11.8 Å². The summed E-state index contributed by atoms with van der Waals surface area (Å²) in [5.41, 5.74) is 2.52. The number of nitrogens with one attached hydrogen (secondary N) is 1. The summed E-state index contributed by atoms with van der Waals surface area (Å²) in [6.07, 6.45) is 2.02. The third-order valence-corrected chi connectivity index (χ3v) is 5.86. The predicted molar refractivity (Wildman–Crippen MR) is 136 cm³/mol. The first kappa shape index (κ1) is 25.3. The molecule has 6 heteroatoms. The molecule has 0 aliphatic rings. The number of unbranched alkanes of at least 4 members (excludes halogenated alkanes) is 1. The molecule has 3 aromatic carbocycles. The Morgan fingerprint density at radius 1 is 0.941 bits per heavy atom. The lowest BCUT2D eigenvalue weighted by molar-refractivity contribution is -0.141. The number of benzene rings is 3. The van der Waals surface area contributed by atoms with Crippen LogP contribution in [0, 0.1) is 0 Å². The lowest BCUT2D eigenvalue weighted by Gasteiger charge is -2.32. The van der Waals surface area contributed by atoms with Gasteiger partial charge in [-0.05, 0) is 47.4 Å². The van der Waals surface area contributed by atoms with E-state index in [0.29, 0.717) is 11.6 Å². The van der Waals surface area contributed by atoms with E-state index in [1.54, 1.807) is 24.1 Å². The standard InChI is InChI=1S/C28H31ClN2O3/c1-3-4-18-30-28(33)27(23-8-6-5-7-9-23)31(20-22-12-16-25(34-2)17-13-22)26(32)19-21-10-14-24(29)15-11-21/h5-17,27H,3-4,18-20H2,1-2H3,(H,30,33)/t27-/m1/s1. The average Bonchev–Trinajstić information content (AvgIpc) is 2.86. The van der Waals surface area contributed by atoms with E-state index < -0.39 is 6.04 Å². The second-order valence-corrected chi connectivity index (χ2v) is 8.57. The number of carbonyl (C=O) groups excluding carboxylic acids is 2. The third kappa shape index (κ3) is 7.09. The maximum Gasteiger partial charge on any atom is 0.247 e. The first-order chi connectivity index (χ1) is 16.5. The molecule has 0 saturated carbocycles. The Balaban J connectivity index is 1.96. The van der Waals surface area contributed by atoms with Gasteiger partial charge in [0.25, 0.3) is 0 Å². The molecule has 0 aliphatic carbocycles. The minimum absolute atomic E-state index is 0.141. The highest BCUT2D eigenvalue weighted by Crippen LogP contribution is 2.26. The van der Waals surface area contributed by atoms with Crippen molar-refractivity contribution in [2.24, 2.45) is 0 Å². The van der Waals surface area contributed by atoms with Gasteiger partial charge >= 0.3 is 0 Å². The summed E-state index contributed by atoms with van der Waals surface area (Å²) in [7, 11) is 1.61. The highest BCUT2D eigenvalue weighted by molar-refractivity contribution is 6.30. The van der Waals surface area contributed by atoms with E-state index in [1.807, 2.05) is 66.7 Å². The maximum atomic E-state index is 13.7. The second kappa shape index (κ2) is 12.8. The monoisotopic (exact) mass is 478 g/mol. The van der Waals surface area contributed by atoms with E-state index in [9.17, 15) is 9.59 Å². The molecule has 0 bridgehead atoms. The van der Waals surface area contributed by atoms with Crippen molar-refractivity contribution in [1.29, 1.82) is 0 Å². The zero-order chi connectivity index (χ0) is 24.3. The van der Waals surface area contributed by atoms with Crippen LogP contribution in [0.15, 0.2) is 78.9 Å². The zero-order valence-corrected chi connectivity index (χ0v) is 20.4. The fraction of sp³-hybridized carbons (Fsp3) is 0.286. The van der Waals surface area contributed by atoms with Crippen LogP contribution in [0.25, 0.3) is 0 Å². The van der Waals surface area contributed by atoms with Crippen LogP contribution >= 0.6 is 11.6 Å². The minimum atomic E-state index is -0.750. The van der Waals surface area contributed by atoms with Gasteiger partial charge < -0.3 is 15.0 Å². The Bertz CT molecular complexity index is 1050. The number of nitrogens with zero attached hydrogens (tertiary/aromatic N) is 1. The van der Waals surface area contributed by atoms with Crippen molar-refractivity contribution < 1.29 is 14.3 Å². The van der Waals surface area contributed by atoms with Gasteiger partial charge in [0.05, 0.1) is 13.5 Å². The molecule has 1 atom stereocenters. The van der Waals surface area contributed by atoms with Crippen LogP contribution in [0.2, 0.25) is 5.02 Å². The fourth-order valence-corrected chi connectivity index (χ4v) is 3.85. The Morgan fingerprint density at radius 3 is 2.21 bits per heavy atom. The lowest BCUT2D eigenvalue weighted by Crippen LogP contribution is -2.44. The number of hydrogen-bond donors (Lipinski definition) is 1. The van der Waals surface area contributed by atoms with Gasteiger partial charge in [-0.1, -0.05) is 79.5 Å². The van der Waals surface area contributed by atoms with Gasteiger partial charge in [0, 0.05) is 18.1 Å². The molecule has 0 heterocycles. The zero-order valence-electron chi connectivity index (χ0n) is 19.7. The van der Waals surface area contributed by atoms with Crippen molar-refractivity contribution >= 4 is 23.4 Å². The molecule has 34 heavy (non-hydrogen) atoms. The SMILES string of the molecule is CCCCNC(=O)[C@@H](c1ccccc1)N(Cc1ccc(OC)cc1)C(=O)Cc1ccc(Cl)cc1. The van der Waals surface area contributed by atoms with E-state index in [0.717, 1.165) is 35.3 Å². The summed E-state index contributed by atoms with van der Waals surface area (Å²) in [6, 6.07) is 23.5. The molecule has 0 aliphatic heterocycles. The molecule has 0 saturated heterocycles. The first-order valence-corrected chi connectivity index (χ1v) is 11.9.